The van der Waals surface area contributed by atoms with Crippen molar-refractivity contribution < 1.29 is 0 Å². The van der Waals surface area contributed by atoms with Crippen molar-refractivity contribution in [3.63, 3.8) is 0 Å². The summed E-state index contributed by atoms with van der Waals surface area (Å²) in [5, 5.41) is 15.8. The fourth-order valence-corrected chi connectivity index (χ4v) is 2.51. The van der Waals surface area contributed by atoms with Crippen molar-refractivity contribution in [3.05, 3.63) is 18.1 Å². The van der Waals surface area contributed by atoms with Gasteiger partial charge in [-0.05, 0) is 30.2 Å². The van der Waals surface area contributed by atoms with Crippen LogP contribution in [-0.2, 0) is 5.75 Å². The van der Waals surface area contributed by atoms with Gasteiger partial charge in [0.2, 0.25) is 5.16 Å². The van der Waals surface area contributed by atoms with Crippen molar-refractivity contribution >= 4 is 17.6 Å². The molecule has 19 heavy (non-hydrogen) atoms. The molecule has 0 bridgehead atoms. The average Bonchev–Trinajstić information content (AvgIpc) is 3.17. The molecule has 1 fully saturated rings. The second kappa shape index (κ2) is 5.52. The minimum Gasteiger partial charge on any atom is -0.369 e. The molecule has 1 N–H and O–H groups in total. The summed E-state index contributed by atoms with van der Waals surface area (Å²) in [4.78, 5) is 8.66. The van der Waals surface area contributed by atoms with Gasteiger partial charge in [0.15, 0.2) is 0 Å². The third kappa shape index (κ3) is 3.01. The quantitative estimate of drug-likeness (QED) is 0.802. The average molecular weight is 277 g/mol. The first-order chi connectivity index (χ1) is 9.36. The van der Waals surface area contributed by atoms with Gasteiger partial charge in [0.05, 0.1) is 24.1 Å². The van der Waals surface area contributed by atoms with Crippen LogP contribution in [0.5, 0.6) is 0 Å². The van der Waals surface area contributed by atoms with Gasteiger partial charge in [-0.3, -0.25) is 4.98 Å². The lowest BCUT2D eigenvalue weighted by molar-refractivity contribution is 0.565. The van der Waals surface area contributed by atoms with Gasteiger partial charge in [-0.15, -0.1) is 5.10 Å². The lowest BCUT2D eigenvalue weighted by Crippen LogP contribution is -2.01. The minimum atomic E-state index is 0.500. The van der Waals surface area contributed by atoms with E-state index in [1.165, 1.54) is 12.8 Å². The number of nitrogens with zero attached hydrogens (tertiary/aromatic N) is 6. The molecule has 0 atom stereocenters. The highest BCUT2D eigenvalue weighted by Gasteiger charge is 2.27. The third-order valence-electron chi connectivity index (χ3n) is 2.77. The van der Waals surface area contributed by atoms with Gasteiger partial charge in [-0.25, -0.2) is 9.67 Å². The molecule has 0 aromatic carbocycles. The summed E-state index contributed by atoms with van der Waals surface area (Å²) in [7, 11) is 0. The Morgan fingerprint density at radius 3 is 2.95 bits per heavy atom. The predicted octanol–water partition coefficient (Wildman–Crippen LogP) is 1.52. The van der Waals surface area contributed by atoms with Crippen molar-refractivity contribution in [1.82, 2.24) is 30.2 Å². The molecule has 0 spiro atoms. The van der Waals surface area contributed by atoms with Crippen molar-refractivity contribution in [2.75, 3.05) is 11.9 Å². The number of anilines is 1. The van der Waals surface area contributed by atoms with E-state index in [1.807, 2.05) is 11.6 Å². The largest absolute Gasteiger partial charge is 0.369 e. The monoisotopic (exact) mass is 277 g/mol. The SMILES string of the molecule is CCNc1cnc(CSc2nnnn2C2CC2)cn1. The highest BCUT2D eigenvalue weighted by molar-refractivity contribution is 7.98. The highest BCUT2D eigenvalue weighted by atomic mass is 32.2. The number of aromatic nitrogens is 6. The Bertz CT molecular complexity index is 534. The van der Waals surface area contributed by atoms with E-state index < -0.39 is 0 Å². The fraction of sp³-hybridized carbons (Fsp3) is 0.545. The standard InChI is InChI=1S/C11H15N7S/c1-2-12-10-6-13-8(5-14-10)7-19-11-15-16-17-18(11)9-3-4-9/h5-6,9H,2-4,7H2,1H3,(H,12,14). The zero-order chi connectivity index (χ0) is 13.1. The normalized spacial score (nSPS) is 14.6. The molecule has 0 amide bonds. The third-order valence-corrected chi connectivity index (χ3v) is 3.73. The van der Waals surface area contributed by atoms with E-state index in [0.29, 0.717) is 6.04 Å². The molecular formula is C11H15N7S. The molecule has 2 aromatic heterocycles. The molecular weight excluding hydrogens is 262 g/mol. The zero-order valence-corrected chi connectivity index (χ0v) is 11.5. The highest BCUT2D eigenvalue weighted by Crippen LogP contribution is 2.36. The lowest BCUT2D eigenvalue weighted by atomic mass is 10.5. The van der Waals surface area contributed by atoms with Gasteiger partial charge in [0.1, 0.15) is 5.82 Å². The van der Waals surface area contributed by atoms with Gasteiger partial charge in [0, 0.05) is 12.3 Å². The Kier molecular flexibility index (Phi) is 3.58. The second-order valence-corrected chi connectivity index (χ2v) is 5.29. The maximum atomic E-state index is 4.36. The number of hydrogen-bond acceptors (Lipinski definition) is 7. The van der Waals surface area contributed by atoms with Crippen molar-refractivity contribution in [1.29, 1.82) is 0 Å². The molecule has 0 saturated heterocycles. The van der Waals surface area contributed by atoms with E-state index >= 15 is 0 Å². The van der Waals surface area contributed by atoms with E-state index in [9.17, 15) is 0 Å². The van der Waals surface area contributed by atoms with E-state index in [1.54, 1.807) is 24.2 Å². The molecule has 100 valence electrons. The topological polar surface area (TPSA) is 81.4 Å². The van der Waals surface area contributed by atoms with Crippen LogP contribution >= 0.6 is 11.8 Å². The lowest BCUT2D eigenvalue weighted by Gasteiger charge is -2.03. The van der Waals surface area contributed by atoms with Gasteiger partial charge < -0.3 is 5.32 Å². The molecule has 0 unspecified atom stereocenters. The smallest absolute Gasteiger partial charge is 0.209 e. The first-order valence-electron chi connectivity index (χ1n) is 6.32. The Labute approximate surface area is 115 Å². The van der Waals surface area contributed by atoms with Crippen molar-refractivity contribution in [2.45, 2.75) is 36.7 Å². The maximum Gasteiger partial charge on any atom is 0.209 e. The second-order valence-electron chi connectivity index (χ2n) is 4.35. The summed E-state index contributed by atoms with van der Waals surface area (Å²) in [6.45, 7) is 2.88. The molecule has 3 rings (SSSR count). The summed E-state index contributed by atoms with van der Waals surface area (Å²) in [5.74, 6) is 1.53. The van der Waals surface area contributed by atoms with Crippen LogP contribution in [0.4, 0.5) is 5.82 Å². The van der Waals surface area contributed by atoms with E-state index in [-0.39, 0.29) is 0 Å². The first kappa shape index (κ1) is 12.3. The zero-order valence-electron chi connectivity index (χ0n) is 10.7. The number of rotatable bonds is 6. The Balaban J connectivity index is 1.60. The summed E-state index contributed by atoms with van der Waals surface area (Å²) < 4.78 is 1.91. The first-order valence-corrected chi connectivity index (χ1v) is 7.31. The van der Waals surface area contributed by atoms with Gasteiger partial charge >= 0.3 is 0 Å². The van der Waals surface area contributed by atoms with E-state index in [0.717, 1.165) is 29.0 Å². The Hall–Kier alpha value is -1.70. The van der Waals surface area contributed by atoms with Crippen LogP contribution in [0.1, 0.15) is 31.5 Å². The molecule has 8 heteroatoms. The van der Waals surface area contributed by atoms with Gasteiger partial charge in [0.25, 0.3) is 0 Å². The molecule has 2 aromatic rings. The molecule has 2 heterocycles. The molecule has 7 nitrogen and oxygen atoms in total. The van der Waals surface area contributed by atoms with Crippen LogP contribution in [0.15, 0.2) is 17.6 Å². The number of nitrogens with one attached hydrogen (secondary N) is 1. The molecule has 0 aliphatic heterocycles. The minimum absolute atomic E-state index is 0.500. The number of hydrogen-bond donors (Lipinski definition) is 1. The molecule has 1 saturated carbocycles. The summed E-state index contributed by atoms with van der Waals surface area (Å²) in [6, 6.07) is 0.500. The van der Waals surface area contributed by atoms with Crippen LogP contribution in [-0.4, -0.2) is 36.7 Å². The predicted molar refractivity (Wildman–Crippen MR) is 71.8 cm³/mol. The van der Waals surface area contributed by atoms with Gasteiger partial charge in [-0.1, -0.05) is 11.8 Å². The van der Waals surface area contributed by atoms with Crippen LogP contribution < -0.4 is 5.32 Å². The summed E-state index contributed by atoms with van der Waals surface area (Å²) in [5.41, 5.74) is 0.928. The van der Waals surface area contributed by atoms with Crippen molar-refractivity contribution in [3.8, 4) is 0 Å². The molecule has 1 aliphatic rings. The van der Waals surface area contributed by atoms with Crippen LogP contribution in [0.25, 0.3) is 0 Å². The molecule has 0 radical (unpaired) electrons. The summed E-state index contributed by atoms with van der Waals surface area (Å²) >= 11 is 1.60. The number of thioether (sulfide) groups is 1. The van der Waals surface area contributed by atoms with Crippen LogP contribution in [0, 0.1) is 0 Å². The fourth-order valence-electron chi connectivity index (χ4n) is 1.67. The molecule has 1 aliphatic carbocycles. The van der Waals surface area contributed by atoms with Crippen LogP contribution in [0.2, 0.25) is 0 Å². The van der Waals surface area contributed by atoms with E-state index in [2.05, 4.69) is 30.8 Å². The van der Waals surface area contributed by atoms with Crippen molar-refractivity contribution in [2.24, 2.45) is 0 Å². The Morgan fingerprint density at radius 1 is 1.37 bits per heavy atom. The summed E-state index contributed by atoms with van der Waals surface area (Å²) in [6.07, 6.45) is 5.89. The maximum absolute atomic E-state index is 4.36. The van der Waals surface area contributed by atoms with E-state index in [4.69, 9.17) is 0 Å². The number of tetrazole rings is 1. The van der Waals surface area contributed by atoms with Gasteiger partial charge in [-0.2, -0.15) is 0 Å². The van der Waals surface area contributed by atoms with Crippen LogP contribution in [0.3, 0.4) is 0 Å². The Morgan fingerprint density at radius 2 is 2.26 bits per heavy atom.